The molecule has 0 amide bonds. The lowest BCUT2D eigenvalue weighted by molar-refractivity contribution is 0.275. The topological polar surface area (TPSA) is 63.5 Å². The van der Waals surface area contributed by atoms with Crippen LogP contribution >= 0.6 is 0 Å². The van der Waals surface area contributed by atoms with Gasteiger partial charge in [0, 0.05) is 44.8 Å². The monoisotopic (exact) mass is 357 g/mol. The Kier molecular flexibility index (Phi) is 6.45. The van der Waals surface area contributed by atoms with E-state index in [0.29, 0.717) is 29.7 Å². The second-order valence-corrected chi connectivity index (χ2v) is 7.38. The second-order valence-electron chi connectivity index (χ2n) is 7.38. The maximum absolute atomic E-state index is 13.9. The van der Waals surface area contributed by atoms with Gasteiger partial charge in [-0.1, -0.05) is 12.8 Å². The van der Waals surface area contributed by atoms with Crippen LogP contribution < -0.4 is 10.6 Å². The molecule has 1 aromatic rings. The molecule has 2 N–H and O–H groups in total. The Morgan fingerprint density at radius 3 is 2.88 bits per heavy atom. The number of hydrogen-bond donors (Lipinski definition) is 2. The molecule has 0 radical (unpaired) electrons. The van der Waals surface area contributed by atoms with Crippen molar-refractivity contribution >= 4 is 5.96 Å². The van der Waals surface area contributed by atoms with Gasteiger partial charge in [0.15, 0.2) is 5.96 Å². The van der Waals surface area contributed by atoms with Gasteiger partial charge in [0.1, 0.15) is 5.82 Å². The van der Waals surface area contributed by atoms with E-state index >= 15 is 0 Å². The van der Waals surface area contributed by atoms with Crippen molar-refractivity contribution in [1.82, 2.24) is 15.5 Å². The number of nitriles is 1. The summed E-state index contributed by atoms with van der Waals surface area (Å²) in [7, 11) is 1.72. The van der Waals surface area contributed by atoms with Crippen LogP contribution in [0, 0.1) is 23.1 Å². The number of nitrogens with zero attached hydrogens (tertiary/aromatic N) is 3. The third kappa shape index (κ3) is 4.95. The smallest absolute Gasteiger partial charge is 0.191 e. The number of nitrogens with one attached hydrogen (secondary N) is 2. The molecule has 1 saturated heterocycles. The molecular weight excluding hydrogens is 329 g/mol. The molecule has 1 aliphatic heterocycles. The summed E-state index contributed by atoms with van der Waals surface area (Å²) >= 11 is 0. The number of hydrogen-bond acceptors (Lipinski definition) is 3. The highest BCUT2D eigenvalue weighted by Crippen LogP contribution is 2.26. The van der Waals surface area contributed by atoms with Crippen molar-refractivity contribution in [2.24, 2.45) is 10.9 Å². The van der Waals surface area contributed by atoms with Crippen molar-refractivity contribution in [3.63, 3.8) is 0 Å². The van der Waals surface area contributed by atoms with E-state index in [9.17, 15) is 4.39 Å². The van der Waals surface area contributed by atoms with Gasteiger partial charge in [0.2, 0.25) is 0 Å². The highest BCUT2D eigenvalue weighted by atomic mass is 19.1. The highest BCUT2D eigenvalue weighted by Gasteiger charge is 2.26. The summed E-state index contributed by atoms with van der Waals surface area (Å²) in [4.78, 5) is 6.81. The quantitative estimate of drug-likeness (QED) is 0.628. The van der Waals surface area contributed by atoms with Crippen LogP contribution in [-0.2, 0) is 6.54 Å². The van der Waals surface area contributed by atoms with Gasteiger partial charge >= 0.3 is 0 Å². The number of benzene rings is 1. The van der Waals surface area contributed by atoms with E-state index in [2.05, 4.69) is 20.5 Å². The number of rotatable bonds is 5. The summed E-state index contributed by atoms with van der Waals surface area (Å²) < 4.78 is 13.9. The average Bonchev–Trinajstić information content (AvgIpc) is 3.32. The highest BCUT2D eigenvalue weighted by molar-refractivity contribution is 5.80. The van der Waals surface area contributed by atoms with Crippen LogP contribution in [-0.4, -0.2) is 43.6 Å². The molecule has 0 spiro atoms. The first-order valence-electron chi connectivity index (χ1n) is 9.56. The van der Waals surface area contributed by atoms with E-state index in [-0.39, 0.29) is 5.82 Å². The molecule has 1 heterocycles. The molecule has 1 atom stereocenters. The van der Waals surface area contributed by atoms with Crippen molar-refractivity contribution < 1.29 is 4.39 Å². The van der Waals surface area contributed by atoms with E-state index in [4.69, 9.17) is 5.26 Å². The van der Waals surface area contributed by atoms with Gasteiger partial charge in [0.25, 0.3) is 0 Å². The second kappa shape index (κ2) is 9.00. The molecule has 2 fully saturated rings. The predicted molar refractivity (Wildman–Crippen MR) is 101 cm³/mol. The van der Waals surface area contributed by atoms with E-state index in [1.54, 1.807) is 13.1 Å². The molecule has 26 heavy (non-hydrogen) atoms. The fourth-order valence-corrected chi connectivity index (χ4v) is 4.02. The first-order valence-corrected chi connectivity index (χ1v) is 9.56. The summed E-state index contributed by atoms with van der Waals surface area (Å²) in [6, 6.07) is 6.82. The van der Waals surface area contributed by atoms with Gasteiger partial charge in [-0.05, 0) is 43.4 Å². The third-order valence-electron chi connectivity index (χ3n) is 5.45. The van der Waals surface area contributed by atoms with E-state index in [1.165, 1.54) is 44.4 Å². The zero-order valence-electron chi connectivity index (χ0n) is 15.5. The Hall–Kier alpha value is -2.13. The minimum absolute atomic E-state index is 0.305. The third-order valence-corrected chi connectivity index (χ3v) is 5.45. The minimum atomic E-state index is -0.310. The van der Waals surface area contributed by atoms with Gasteiger partial charge in [-0.25, -0.2) is 4.39 Å². The number of halogens is 1. The molecule has 6 heteroatoms. The van der Waals surface area contributed by atoms with Crippen LogP contribution in [0.5, 0.6) is 0 Å². The zero-order chi connectivity index (χ0) is 18.4. The fraction of sp³-hybridized carbons (Fsp3) is 0.600. The lowest BCUT2D eigenvalue weighted by Gasteiger charge is -2.21. The van der Waals surface area contributed by atoms with Crippen molar-refractivity contribution in [3.8, 4) is 6.07 Å². The Morgan fingerprint density at radius 2 is 2.15 bits per heavy atom. The molecule has 2 aliphatic rings. The van der Waals surface area contributed by atoms with Crippen molar-refractivity contribution in [1.29, 1.82) is 5.26 Å². The van der Waals surface area contributed by atoms with Crippen molar-refractivity contribution in [3.05, 3.63) is 35.1 Å². The summed E-state index contributed by atoms with van der Waals surface area (Å²) in [6.07, 6.45) is 6.64. The van der Waals surface area contributed by atoms with Crippen LogP contribution in [0.15, 0.2) is 23.2 Å². The van der Waals surface area contributed by atoms with Crippen molar-refractivity contribution in [2.45, 2.75) is 44.7 Å². The molecular formula is C20H28FN5. The molecule has 1 aromatic carbocycles. The molecule has 3 rings (SSSR count). The van der Waals surface area contributed by atoms with Gasteiger partial charge in [-0.15, -0.1) is 0 Å². The summed E-state index contributed by atoms with van der Waals surface area (Å²) in [6.45, 7) is 3.69. The SMILES string of the molecule is CN=C(NCc1cc(C#N)ccc1F)NC1CCN(CC2CCCC2)C1. The maximum Gasteiger partial charge on any atom is 0.191 e. The standard InChI is InChI=1S/C20H28FN5/c1-23-20(24-12-17-10-16(11-22)6-7-19(17)21)25-18-8-9-26(14-18)13-15-4-2-3-5-15/h6-7,10,15,18H,2-5,8-9,12-14H2,1H3,(H2,23,24,25). The van der Waals surface area contributed by atoms with Crippen LogP contribution in [0.25, 0.3) is 0 Å². The average molecular weight is 357 g/mol. The van der Waals surface area contributed by atoms with Gasteiger partial charge in [-0.3, -0.25) is 4.99 Å². The Bertz CT molecular complexity index is 675. The van der Waals surface area contributed by atoms with Crippen LogP contribution in [0.3, 0.4) is 0 Å². The first kappa shape index (κ1) is 18.7. The summed E-state index contributed by atoms with van der Waals surface area (Å²) in [5, 5.41) is 15.6. The van der Waals surface area contributed by atoms with Crippen molar-refractivity contribution in [2.75, 3.05) is 26.7 Å². The molecule has 1 saturated carbocycles. The maximum atomic E-state index is 13.9. The van der Waals surface area contributed by atoms with E-state index in [0.717, 1.165) is 25.4 Å². The largest absolute Gasteiger partial charge is 0.352 e. The zero-order valence-corrected chi connectivity index (χ0v) is 15.5. The molecule has 5 nitrogen and oxygen atoms in total. The van der Waals surface area contributed by atoms with Gasteiger partial charge in [-0.2, -0.15) is 5.26 Å². The number of aliphatic imine (C=N–C) groups is 1. The lowest BCUT2D eigenvalue weighted by atomic mass is 10.1. The molecule has 1 unspecified atom stereocenters. The van der Waals surface area contributed by atoms with Crippen LogP contribution in [0.1, 0.15) is 43.2 Å². The Balaban J connectivity index is 1.47. The Labute approximate surface area is 155 Å². The molecule has 0 aromatic heterocycles. The summed E-state index contributed by atoms with van der Waals surface area (Å²) in [5.41, 5.74) is 0.936. The van der Waals surface area contributed by atoms with Crippen LogP contribution in [0.2, 0.25) is 0 Å². The minimum Gasteiger partial charge on any atom is -0.352 e. The van der Waals surface area contributed by atoms with Gasteiger partial charge in [0.05, 0.1) is 11.6 Å². The summed E-state index contributed by atoms with van der Waals surface area (Å²) in [5.74, 6) is 1.25. The predicted octanol–water partition coefficient (Wildman–Crippen LogP) is 2.63. The normalized spacial score (nSPS) is 21.7. The molecule has 0 bridgehead atoms. The number of likely N-dealkylation sites (tertiary alicyclic amines) is 1. The van der Waals surface area contributed by atoms with Crippen LogP contribution in [0.4, 0.5) is 4.39 Å². The molecule has 1 aliphatic carbocycles. The molecule has 140 valence electrons. The first-order chi connectivity index (χ1) is 12.7. The van der Waals surface area contributed by atoms with Gasteiger partial charge < -0.3 is 15.5 Å². The number of guanidine groups is 1. The lowest BCUT2D eigenvalue weighted by Crippen LogP contribution is -2.44. The fourth-order valence-electron chi connectivity index (χ4n) is 4.02. The Morgan fingerprint density at radius 1 is 1.35 bits per heavy atom. The van der Waals surface area contributed by atoms with E-state index in [1.807, 2.05) is 6.07 Å². The van der Waals surface area contributed by atoms with E-state index < -0.39 is 0 Å².